The number of hydrogen-bond acceptors (Lipinski definition) is 3. The first kappa shape index (κ1) is 16.7. The van der Waals surface area contributed by atoms with Crippen LogP contribution in [0.15, 0.2) is 18.2 Å². The van der Waals surface area contributed by atoms with Crippen molar-refractivity contribution in [2.24, 2.45) is 0 Å². The van der Waals surface area contributed by atoms with Crippen molar-refractivity contribution >= 4 is 11.8 Å². The fraction of sp³-hybridized carbons (Fsp3) is 0.333. The first-order valence-corrected chi connectivity index (χ1v) is 5.67. The Kier molecular flexibility index (Phi) is 5.12. The van der Waals surface area contributed by atoms with Gasteiger partial charge >= 0.3 is 6.18 Å². The Bertz CT molecular complexity index is 546. The fourth-order valence-electron chi connectivity index (χ4n) is 1.43. The number of likely N-dealkylation sites (N-methyl/N-ethyl adjacent to an activating group) is 1. The van der Waals surface area contributed by atoms with Gasteiger partial charge < -0.3 is 15.3 Å². The number of hydrogen-bond donors (Lipinski definition) is 2. The quantitative estimate of drug-likeness (QED) is 0.823. The summed E-state index contributed by atoms with van der Waals surface area (Å²) in [6.07, 6.45) is -4.56. The zero-order valence-electron chi connectivity index (χ0n) is 10.9. The third kappa shape index (κ3) is 5.28. The van der Waals surface area contributed by atoms with Crippen molar-refractivity contribution in [1.82, 2.24) is 10.2 Å². The van der Waals surface area contributed by atoms with E-state index in [2.05, 4.69) is 0 Å². The predicted octanol–water partition coefficient (Wildman–Crippen LogP) is 1.28. The largest absolute Gasteiger partial charge is 0.507 e. The molecule has 0 atom stereocenters. The molecule has 0 radical (unpaired) electrons. The number of phenols is 1. The Morgan fingerprint density at radius 2 is 1.95 bits per heavy atom. The van der Waals surface area contributed by atoms with Gasteiger partial charge in [0.05, 0.1) is 12.1 Å². The summed E-state index contributed by atoms with van der Waals surface area (Å²) in [5.74, 6) is -3.19. The van der Waals surface area contributed by atoms with E-state index in [4.69, 9.17) is 0 Å². The molecular formula is C12H12F4N2O3. The molecule has 0 aliphatic rings. The molecule has 1 aromatic rings. The van der Waals surface area contributed by atoms with Crippen LogP contribution in [0.25, 0.3) is 0 Å². The molecule has 0 saturated heterocycles. The van der Waals surface area contributed by atoms with Crippen LogP contribution in [0.3, 0.4) is 0 Å². The molecule has 0 aliphatic carbocycles. The number of nitrogens with zero attached hydrogens (tertiary/aromatic N) is 1. The van der Waals surface area contributed by atoms with Crippen LogP contribution in [0, 0.1) is 5.82 Å². The van der Waals surface area contributed by atoms with Gasteiger partial charge in [0.25, 0.3) is 5.91 Å². The van der Waals surface area contributed by atoms with Crippen molar-refractivity contribution in [3.63, 3.8) is 0 Å². The number of nitrogens with one attached hydrogen (secondary N) is 1. The zero-order valence-corrected chi connectivity index (χ0v) is 10.9. The fourth-order valence-corrected chi connectivity index (χ4v) is 1.43. The van der Waals surface area contributed by atoms with Crippen LogP contribution in [0.5, 0.6) is 5.75 Å². The molecule has 116 valence electrons. The number of carbonyl (C=O) groups excluding carboxylic acids is 2. The molecule has 0 saturated carbocycles. The molecule has 0 spiro atoms. The van der Waals surface area contributed by atoms with E-state index in [1.54, 1.807) is 5.32 Å². The monoisotopic (exact) mass is 308 g/mol. The molecule has 2 N–H and O–H groups in total. The van der Waals surface area contributed by atoms with Gasteiger partial charge in [-0.05, 0) is 18.2 Å². The summed E-state index contributed by atoms with van der Waals surface area (Å²) >= 11 is 0. The average Bonchev–Trinajstić information content (AvgIpc) is 2.37. The van der Waals surface area contributed by atoms with E-state index in [0.29, 0.717) is 0 Å². The smallest absolute Gasteiger partial charge is 0.405 e. The molecule has 5 nitrogen and oxygen atoms in total. The lowest BCUT2D eigenvalue weighted by Gasteiger charge is -2.18. The van der Waals surface area contributed by atoms with E-state index in [9.17, 15) is 32.3 Å². The van der Waals surface area contributed by atoms with Crippen LogP contribution < -0.4 is 5.32 Å². The Morgan fingerprint density at radius 3 is 2.52 bits per heavy atom. The molecule has 21 heavy (non-hydrogen) atoms. The molecule has 0 aliphatic heterocycles. The summed E-state index contributed by atoms with van der Waals surface area (Å²) in [6, 6.07) is 2.66. The highest BCUT2D eigenvalue weighted by molar-refractivity contribution is 5.98. The minimum Gasteiger partial charge on any atom is -0.507 e. The number of rotatable bonds is 4. The molecular weight excluding hydrogens is 296 g/mol. The van der Waals surface area contributed by atoms with E-state index in [1.807, 2.05) is 0 Å². The highest BCUT2D eigenvalue weighted by Gasteiger charge is 2.28. The number of amides is 2. The van der Waals surface area contributed by atoms with Gasteiger partial charge in [0.2, 0.25) is 5.91 Å². The maximum atomic E-state index is 13.0. The van der Waals surface area contributed by atoms with E-state index in [0.717, 1.165) is 30.1 Å². The second kappa shape index (κ2) is 6.42. The predicted molar refractivity (Wildman–Crippen MR) is 64.1 cm³/mol. The summed E-state index contributed by atoms with van der Waals surface area (Å²) in [4.78, 5) is 23.9. The standard InChI is InChI=1S/C12H12F4N2O3/c1-18(5-10(20)17-6-12(14,15)16)11(21)8-4-7(13)2-3-9(8)19/h2-4,19H,5-6H2,1H3,(H,17,20). The topological polar surface area (TPSA) is 69.6 Å². The second-order valence-corrected chi connectivity index (χ2v) is 4.21. The van der Waals surface area contributed by atoms with Crippen molar-refractivity contribution in [2.45, 2.75) is 6.18 Å². The highest BCUT2D eigenvalue weighted by atomic mass is 19.4. The van der Waals surface area contributed by atoms with Crippen molar-refractivity contribution in [3.8, 4) is 5.75 Å². The maximum absolute atomic E-state index is 13.0. The van der Waals surface area contributed by atoms with Crippen LogP contribution in [-0.2, 0) is 4.79 Å². The molecule has 1 rings (SSSR count). The molecule has 1 aromatic carbocycles. The van der Waals surface area contributed by atoms with Crippen molar-refractivity contribution in [2.75, 3.05) is 20.1 Å². The third-order valence-corrected chi connectivity index (χ3v) is 2.40. The zero-order chi connectivity index (χ0) is 16.2. The lowest BCUT2D eigenvalue weighted by Crippen LogP contribution is -2.41. The average molecular weight is 308 g/mol. The Hall–Kier alpha value is -2.32. The van der Waals surface area contributed by atoms with Crippen LogP contribution in [-0.4, -0.2) is 48.1 Å². The third-order valence-electron chi connectivity index (χ3n) is 2.40. The number of alkyl halides is 3. The van der Waals surface area contributed by atoms with Crippen LogP contribution in [0.4, 0.5) is 17.6 Å². The van der Waals surface area contributed by atoms with Crippen LogP contribution in [0.1, 0.15) is 10.4 Å². The van der Waals surface area contributed by atoms with Crippen molar-refractivity contribution in [1.29, 1.82) is 0 Å². The first-order valence-electron chi connectivity index (χ1n) is 5.67. The summed E-state index contributed by atoms with van der Waals surface area (Å²) in [5.41, 5.74) is -0.388. The number of benzene rings is 1. The lowest BCUT2D eigenvalue weighted by molar-refractivity contribution is -0.138. The normalized spacial score (nSPS) is 11.1. The minimum absolute atomic E-state index is 0.388. The van der Waals surface area contributed by atoms with Crippen LogP contribution >= 0.6 is 0 Å². The number of aromatic hydroxyl groups is 1. The van der Waals surface area contributed by atoms with Crippen molar-refractivity contribution in [3.05, 3.63) is 29.6 Å². The van der Waals surface area contributed by atoms with Gasteiger partial charge in [-0.3, -0.25) is 9.59 Å². The van der Waals surface area contributed by atoms with E-state index in [1.165, 1.54) is 0 Å². The van der Waals surface area contributed by atoms with Gasteiger partial charge in [-0.1, -0.05) is 0 Å². The second-order valence-electron chi connectivity index (χ2n) is 4.21. The van der Waals surface area contributed by atoms with Crippen LogP contribution in [0.2, 0.25) is 0 Å². The minimum atomic E-state index is -4.56. The molecule has 0 heterocycles. The van der Waals surface area contributed by atoms with Gasteiger partial charge in [-0.15, -0.1) is 0 Å². The number of carbonyl (C=O) groups is 2. The van der Waals surface area contributed by atoms with E-state index >= 15 is 0 Å². The molecule has 9 heteroatoms. The maximum Gasteiger partial charge on any atom is 0.405 e. The summed E-state index contributed by atoms with van der Waals surface area (Å²) in [5, 5.41) is 11.0. The van der Waals surface area contributed by atoms with Gasteiger partial charge in [0.1, 0.15) is 18.1 Å². The Morgan fingerprint density at radius 1 is 1.33 bits per heavy atom. The molecule has 0 fully saturated rings. The number of phenolic OH excluding ortho intramolecular Hbond substituents is 1. The summed E-state index contributed by atoms with van der Waals surface area (Å²) in [6.45, 7) is -2.18. The summed E-state index contributed by atoms with van der Waals surface area (Å²) in [7, 11) is 1.14. The van der Waals surface area contributed by atoms with Gasteiger partial charge in [-0.25, -0.2) is 4.39 Å². The van der Waals surface area contributed by atoms with E-state index < -0.39 is 42.6 Å². The van der Waals surface area contributed by atoms with Gasteiger partial charge in [-0.2, -0.15) is 13.2 Å². The lowest BCUT2D eigenvalue weighted by atomic mass is 10.1. The molecule has 0 unspecified atom stereocenters. The van der Waals surface area contributed by atoms with E-state index in [-0.39, 0.29) is 5.56 Å². The van der Waals surface area contributed by atoms with Gasteiger partial charge in [0, 0.05) is 7.05 Å². The Balaban J connectivity index is 2.66. The van der Waals surface area contributed by atoms with Gasteiger partial charge in [0.15, 0.2) is 0 Å². The first-order chi connectivity index (χ1) is 9.60. The molecule has 2 amide bonds. The SMILES string of the molecule is CN(CC(=O)NCC(F)(F)F)C(=O)c1cc(F)ccc1O. The number of halogens is 4. The molecule has 0 bridgehead atoms. The Labute approximate surface area is 117 Å². The summed E-state index contributed by atoms with van der Waals surface area (Å²) < 4.78 is 48.7. The van der Waals surface area contributed by atoms with Crippen molar-refractivity contribution < 1.29 is 32.3 Å². The highest BCUT2D eigenvalue weighted by Crippen LogP contribution is 2.19. The molecule has 0 aromatic heterocycles.